The number of nitrogens with one attached hydrogen (secondary N) is 1. The first-order chi connectivity index (χ1) is 11.2. The van der Waals surface area contributed by atoms with Gasteiger partial charge in [0.1, 0.15) is 12.4 Å². The Morgan fingerprint density at radius 3 is 2.78 bits per heavy atom. The van der Waals surface area contributed by atoms with Crippen LogP contribution in [0.1, 0.15) is 44.6 Å². The molecule has 1 saturated carbocycles. The molecule has 1 aromatic carbocycles. The predicted octanol–water partition coefficient (Wildman–Crippen LogP) is 2.89. The molecule has 1 saturated heterocycles. The fraction of sp³-hybridized carbons (Fsp3) is 0.684. The molecule has 0 bridgehead atoms. The van der Waals surface area contributed by atoms with E-state index in [1.54, 1.807) is 0 Å². The molecule has 23 heavy (non-hydrogen) atoms. The average Bonchev–Trinajstić information content (AvgIpc) is 3.22. The Kier molecular flexibility index (Phi) is 5.57. The largest absolute Gasteiger partial charge is 0.491 e. The highest BCUT2D eigenvalue weighted by molar-refractivity contribution is 5.27. The second kappa shape index (κ2) is 7.65. The molecule has 0 radical (unpaired) electrons. The van der Waals surface area contributed by atoms with Crippen molar-refractivity contribution in [2.24, 2.45) is 5.41 Å². The third-order valence-electron chi connectivity index (χ3n) is 5.38. The molecule has 1 aliphatic heterocycles. The summed E-state index contributed by atoms with van der Waals surface area (Å²) in [5.41, 5.74) is 1.28. The van der Waals surface area contributed by atoms with Gasteiger partial charge in [0.25, 0.3) is 0 Å². The predicted molar refractivity (Wildman–Crippen MR) is 90.6 cm³/mol. The van der Waals surface area contributed by atoms with Gasteiger partial charge in [0, 0.05) is 31.2 Å². The van der Waals surface area contributed by atoms with Gasteiger partial charge in [0.2, 0.25) is 0 Å². The van der Waals surface area contributed by atoms with E-state index in [1.807, 2.05) is 12.1 Å². The zero-order valence-electron chi connectivity index (χ0n) is 14.1. The van der Waals surface area contributed by atoms with E-state index in [9.17, 15) is 5.11 Å². The van der Waals surface area contributed by atoms with E-state index in [2.05, 4.69) is 24.4 Å². The number of ether oxygens (including phenoxy) is 2. The molecule has 4 nitrogen and oxygen atoms in total. The number of hydrogen-bond donors (Lipinski definition) is 2. The molecule has 2 aliphatic rings. The van der Waals surface area contributed by atoms with Gasteiger partial charge in [-0.1, -0.05) is 25.5 Å². The molecule has 0 aromatic heterocycles. The fourth-order valence-electron chi connectivity index (χ4n) is 3.68. The van der Waals surface area contributed by atoms with Gasteiger partial charge >= 0.3 is 0 Å². The van der Waals surface area contributed by atoms with Crippen molar-refractivity contribution in [3.63, 3.8) is 0 Å². The van der Waals surface area contributed by atoms with Crippen LogP contribution in [0.3, 0.4) is 0 Å². The summed E-state index contributed by atoms with van der Waals surface area (Å²) < 4.78 is 11.4. The SMILES string of the molecule is CC1(CO)CCCC1NCc1ccc(OCC2CCCO2)cc1. The van der Waals surface area contributed by atoms with Crippen LogP contribution < -0.4 is 10.1 Å². The molecular weight excluding hydrogens is 290 g/mol. The lowest BCUT2D eigenvalue weighted by atomic mass is 9.86. The lowest BCUT2D eigenvalue weighted by Crippen LogP contribution is -2.41. The molecule has 1 aliphatic carbocycles. The Morgan fingerprint density at radius 1 is 1.26 bits per heavy atom. The maximum atomic E-state index is 9.61. The van der Waals surface area contributed by atoms with Gasteiger partial charge in [-0.3, -0.25) is 0 Å². The van der Waals surface area contributed by atoms with E-state index >= 15 is 0 Å². The Bertz CT molecular complexity index is 484. The van der Waals surface area contributed by atoms with Crippen molar-refractivity contribution in [1.82, 2.24) is 5.32 Å². The molecule has 1 heterocycles. The zero-order valence-corrected chi connectivity index (χ0v) is 14.1. The van der Waals surface area contributed by atoms with Crippen LogP contribution >= 0.6 is 0 Å². The van der Waals surface area contributed by atoms with E-state index in [1.165, 1.54) is 12.0 Å². The van der Waals surface area contributed by atoms with E-state index in [0.717, 1.165) is 44.6 Å². The minimum Gasteiger partial charge on any atom is -0.491 e. The first kappa shape index (κ1) is 16.7. The third-order valence-corrected chi connectivity index (χ3v) is 5.38. The van der Waals surface area contributed by atoms with Crippen LogP contribution in [0.15, 0.2) is 24.3 Å². The van der Waals surface area contributed by atoms with Crippen LogP contribution in [0.4, 0.5) is 0 Å². The first-order valence-electron chi connectivity index (χ1n) is 8.87. The molecule has 1 aromatic rings. The molecule has 4 heteroatoms. The van der Waals surface area contributed by atoms with Crippen molar-refractivity contribution in [1.29, 1.82) is 0 Å². The van der Waals surface area contributed by atoms with E-state index < -0.39 is 0 Å². The normalized spacial score (nSPS) is 30.7. The van der Waals surface area contributed by atoms with Gasteiger partial charge in [-0.15, -0.1) is 0 Å². The van der Waals surface area contributed by atoms with Gasteiger partial charge in [-0.05, 0) is 43.4 Å². The number of aliphatic hydroxyl groups excluding tert-OH is 1. The lowest BCUT2D eigenvalue weighted by Gasteiger charge is -2.30. The molecule has 2 fully saturated rings. The highest BCUT2D eigenvalue weighted by Gasteiger charge is 2.37. The molecule has 0 spiro atoms. The highest BCUT2D eigenvalue weighted by Crippen LogP contribution is 2.37. The summed E-state index contributed by atoms with van der Waals surface area (Å²) in [5.74, 6) is 0.908. The summed E-state index contributed by atoms with van der Waals surface area (Å²) in [7, 11) is 0. The molecule has 3 atom stereocenters. The quantitative estimate of drug-likeness (QED) is 0.811. The average molecular weight is 319 g/mol. The van der Waals surface area contributed by atoms with Gasteiger partial charge in [-0.25, -0.2) is 0 Å². The Balaban J connectivity index is 1.45. The maximum absolute atomic E-state index is 9.61. The summed E-state index contributed by atoms with van der Waals surface area (Å²) in [5, 5.41) is 13.2. The Morgan fingerprint density at radius 2 is 2.09 bits per heavy atom. The zero-order chi connectivity index (χ0) is 16.1. The van der Waals surface area contributed by atoms with Crippen LogP contribution in [0.2, 0.25) is 0 Å². The number of rotatable bonds is 7. The molecule has 128 valence electrons. The molecule has 3 rings (SSSR count). The van der Waals surface area contributed by atoms with Crippen molar-refractivity contribution in [3.8, 4) is 5.75 Å². The molecule has 3 unspecified atom stereocenters. The minimum atomic E-state index is 0.0321. The summed E-state index contributed by atoms with van der Waals surface area (Å²) >= 11 is 0. The summed E-state index contributed by atoms with van der Waals surface area (Å²) in [6.07, 6.45) is 5.97. The summed E-state index contributed by atoms with van der Waals surface area (Å²) in [6, 6.07) is 8.70. The highest BCUT2D eigenvalue weighted by atomic mass is 16.5. The maximum Gasteiger partial charge on any atom is 0.119 e. The van der Waals surface area contributed by atoms with Crippen LogP contribution in [0.25, 0.3) is 0 Å². The van der Waals surface area contributed by atoms with E-state index in [-0.39, 0.29) is 18.1 Å². The van der Waals surface area contributed by atoms with Gasteiger partial charge in [0.15, 0.2) is 0 Å². The number of aliphatic hydroxyl groups is 1. The standard InChI is InChI=1S/C19H29NO3/c1-19(14-21)10-2-5-18(19)20-12-15-6-8-16(9-7-15)23-13-17-4-3-11-22-17/h6-9,17-18,20-21H,2-5,10-14H2,1H3. The van der Waals surface area contributed by atoms with Gasteiger partial charge < -0.3 is 19.9 Å². The summed E-state index contributed by atoms with van der Waals surface area (Å²) in [4.78, 5) is 0. The van der Waals surface area contributed by atoms with Crippen LogP contribution in [0, 0.1) is 5.41 Å². The monoisotopic (exact) mass is 319 g/mol. The van der Waals surface area contributed by atoms with Crippen molar-refractivity contribution < 1.29 is 14.6 Å². The van der Waals surface area contributed by atoms with Crippen LogP contribution in [-0.2, 0) is 11.3 Å². The molecule has 0 amide bonds. The minimum absolute atomic E-state index is 0.0321. The summed E-state index contributed by atoms with van der Waals surface area (Å²) in [6.45, 7) is 4.80. The smallest absolute Gasteiger partial charge is 0.119 e. The van der Waals surface area contributed by atoms with Crippen LogP contribution in [-0.4, -0.2) is 37.1 Å². The topological polar surface area (TPSA) is 50.7 Å². The van der Waals surface area contributed by atoms with Crippen molar-refractivity contribution in [2.75, 3.05) is 19.8 Å². The second-order valence-corrected chi connectivity index (χ2v) is 7.23. The third kappa shape index (κ3) is 4.25. The first-order valence-corrected chi connectivity index (χ1v) is 8.87. The van der Waals surface area contributed by atoms with E-state index in [4.69, 9.17) is 9.47 Å². The van der Waals surface area contributed by atoms with E-state index in [0.29, 0.717) is 12.6 Å². The molecule has 2 N–H and O–H groups in total. The van der Waals surface area contributed by atoms with Gasteiger partial charge in [-0.2, -0.15) is 0 Å². The lowest BCUT2D eigenvalue weighted by molar-refractivity contribution is 0.0679. The fourth-order valence-corrected chi connectivity index (χ4v) is 3.68. The number of hydrogen-bond acceptors (Lipinski definition) is 4. The number of benzene rings is 1. The molecular formula is C19H29NO3. The van der Waals surface area contributed by atoms with Crippen molar-refractivity contribution in [2.45, 2.75) is 57.7 Å². The van der Waals surface area contributed by atoms with Crippen LogP contribution in [0.5, 0.6) is 5.75 Å². The Labute approximate surface area is 139 Å². The van der Waals surface area contributed by atoms with Crippen molar-refractivity contribution >= 4 is 0 Å². The van der Waals surface area contributed by atoms with Crippen molar-refractivity contribution in [3.05, 3.63) is 29.8 Å². The van der Waals surface area contributed by atoms with Gasteiger partial charge in [0.05, 0.1) is 6.10 Å². The second-order valence-electron chi connectivity index (χ2n) is 7.23. The Hall–Kier alpha value is -1.10.